The molecule has 0 saturated carbocycles. The van der Waals surface area contributed by atoms with Crippen molar-refractivity contribution in [3.05, 3.63) is 41.5 Å². The number of rotatable bonds is 11. The molecule has 1 aliphatic heterocycles. The number of allylic oxidation sites excluding steroid dienone is 1. The average Bonchev–Trinajstić information content (AvgIpc) is 3.25. The molecule has 0 aromatic heterocycles. The smallest absolute Gasteiger partial charge is 0.244 e. The second-order valence-corrected chi connectivity index (χ2v) is 7.45. The van der Waals surface area contributed by atoms with Gasteiger partial charge >= 0.3 is 0 Å². The number of carbonyl (C=O) groups excluding carboxylic acids is 2. The first kappa shape index (κ1) is 24.7. The molecule has 1 aliphatic rings. The maximum atomic E-state index is 12.5. The Kier molecular flexibility index (Phi) is 9.84. The Balaban J connectivity index is 2.28. The van der Waals surface area contributed by atoms with E-state index >= 15 is 0 Å². The third-order valence-electron chi connectivity index (χ3n) is 4.83. The molecule has 9 heteroatoms. The molecule has 2 unspecified atom stereocenters. The molecule has 2 atom stereocenters. The minimum Gasteiger partial charge on any atom is -0.454 e. The van der Waals surface area contributed by atoms with Crippen LogP contribution in [-0.2, 0) is 9.59 Å². The minimum atomic E-state index is -0.407. The van der Waals surface area contributed by atoms with Crippen LogP contribution >= 0.6 is 11.6 Å². The molecule has 0 saturated heterocycles. The van der Waals surface area contributed by atoms with Gasteiger partial charge < -0.3 is 30.3 Å². The number of halogens is 1. The molecule has 8 nitrogen and oxygen atoms in total. The maximum absolute atomic E-state index is 12.5. The van der Waals surface area contributed by atoms with Crippen LogP contribution in [0.25, 0.3) is 5.03 Å². The second kappa shape index (κ2) is 12.3. The van der Waals surface area contributed by atoms with Gasteiger partial charge in [0.25, 0.3) is 0 Å². The van der Waals surface area contributed by atoms with Gasteiger partial charge in [0.05, 0.1) is 36.8 Å². The lowest BCUT2D eigenvalue weighted by molar-refractivity contribution is -0.121. The van der Waals surface area contributed by atoms with Gasteiger partial charge in [-0.2, -0.15) is 0 Å². The standard InChI is InChI=1S/C22H29ClN2O6/c1-3-16(11-26)24-20(28)8-6-15(10-21(29)25-17(4-2)12-27)22(23)14-5-7-18-19(9-14)31-13-30-18/h5-9,16-17,26-27H,3-4,10-13H2,1-2H3,(H,24,28)(H,25,29)/b8-6+,22-15-. The first-order valence-electron chi connectivity index (χ1n) is 10.2. The fourth-order valence-electron chi connectivity index (χ4n) is 2.86. The van der Waals surface area contributed by atoms with E-state index in [2.05, 4.69) is 10.6 Å². The summed E-state index contributed by atoms with van der Waals surface area (Å²) in [6.45, 7) is 3.49. The van der Waals surface area contributed by atoms with Gasteiger partial charge in [0.15, 0.2) is 11.5 Å². The molecule has 2 rings (SSSR count). The molecule has 170 valence electrons. The predicted octanol–water partition coefficient (Wildman–Crippen LogP) is 2.09. The van der Waals surface area contributed by atoms with E-state index in [1.807, 2.05) is 13.8 Å². The topological polar surface area (TPSA) is 117 Å². The van der Waals surface area contributed by atoms with Crippen molar-refractivity contribution in [1.82, 2.24) is 10.6 Å². The molecular weight excluding hydrogens is 424 g/mol. The zero-order valence-corrected chi connectivity index (χ0v) is 18.4. The Morgan fingerprint density at radius 2 is 1.71 bits per heavy atom. The SMILES string of the molecule is CCC(CO)NC(=O)/C=C/C(CC(=O)NC(CC)CO)=C(/Cl)c1ccc2c(c1)OCO2. The molecule has 0 bridgehead atoms. The molecule has 0 fully saturated rings. The van der Waals surface area contributed by atoms with E-state index in [0.29, 0.717) is 35.5 Å². The highest BCUT2D eigenvalue weighted by atomic mass is 35.5. The normalized spacial score (nSPS) is 15.4. The third-order valence-corrected chi connectivity index (χ3v) is 5.29. The van der Waals surface area contributed by atoms with E-state index in [1.165, 1.54) is 12.2 Å². The summed E-state index contributed by atoms with van der Waals surface area (Å²) in [5.74, 6) is 0.407. The fourth-order valence-corrected chi connectivity index (χ4v) is 3.11. The molecule has 1 aromatic rings. The van der Waals surface area contributed by atoms with Crippen molar-refractivity contribution in [2.24, 2.45) is 0 Å². The molecular formula is C22H29ClN2O6. The third kappa shape index (κ3) is 7.27. The lowest BCUT2D eigenvalue weighted by Gasteiger charge is -2.15. The average molecular weight is 453 g/mol. The van der Waals surface area contributed by atoms with E-state index in [4.69, 9.17) is 21.1 Å². The quantitative estimate of drug-likeness (QED) is 0.301. The minimum absolute atomic E-state index is 0.0925. The van der Waals surface area contributed by atoms with Crippen molar-refractivity contribution in [2.45, 2.75) is 45.2 Å². The molecule has 2 amide bonds. The van der Waals surface area contributed by atoms with Crippen LogP contribution in [0.1, 0.15) is 38.7 Å². The van der Waals surface area contributed by atoms with Crippen LogP contribution in [0.4, 0.5) is 0 Å². The largest absolute Gasteiger partial charge is 0.454 e. The highest BCUT2D eigenvalue weighted by molar-refractivity contribution is 6.49. The highest BCUT2D eigenvalue weighted by Crippen LogP contribution is 2.36. The van der Waals surface area contributed by atoms with E-state index in [1.54, 1.807) is 18.2 Å². The van der Waals surface area contributed by atoms with Crippen molar-refractivity contribution in [1.29, 1.82) is 0 Å². The number of hydrogen-bond donors (Lipinski definition) is 4. The van der Waals surface area contributed by atoms with Crippen LogP contribution in [0.3, 0.4) is 0 Å². The van der Waals surface area contributed by atoms with Crippen molar-refractivity contribution < 1.29 is 29.3 Å². The van der Waals surface area contributed by atoms with Gasteiger partial charge in [0.2, 0.25) is 18.6 Å². The van der Waals surface area contributed by atoms with Gasteiger partial charge in [-0.1, -0.05) is 31.5 Å². The highest BCUT2D eigenvalue weighted by Gasteiger charge is 2.18. The van der Waals surface area contributed by atoms with Gasteiger partial charge in [0, 0.05) is 6.08 Å². The summed E-state index contributed by atoms with van der Waals surface area (Å²) in [6.07, 6.45) is 3.82. The predicted molar refractivity (Wildman–Crippen MR) is 118 cm³/mol. The fraction of sp³-hybridized carbons (Fsp3) is 0.455. The van der Waals surface area contributed by atoms with Gasteiger partial charge in [-0.3, -0.25) is 9.59 Å². The first-order chi connectivity index (χ1) is 14.9. The van der Waals surface area contributed by atoms with Crippen molar-refractivity contribution >= 4 is 28.4 Å². The molecule has 31 heavy (non-hydrogen) atoms. The summed E-state index contributed by atoms with van der Waals surface area (Å²) >= 11 is 6.60. The number of hydrogen-bond acceptors (Lipinski definition) is 6. The number of fused-ring (bicyclic) bond motifs is 1. The van der Waals surface area contributed by atoms with Crippen LogP contribution in [0.5, 0.6) is 11.5 Å². The summed E-state index contributed by atoms with van der Waals surface area (Å²) in [6, 6.07) is 4.45. The van der Waals surface area contributed by atoms with Gasteiger partial charge in [-0.25, -0.2) is 0 Å². The number of aliphatic hydroxyl groups is 2. The molecule has 0 spiro atoms. The number of nitrogens with one attached hydrogen (secondary N) is 2. The van der Waals surface area contributed by atoms with E-state index < -0.39 is 5.91 Å². The van der Waals surface area contributed by atoms with Crippen LogP contribution in [-0.4, -0.2) is 54.1 Å². The lowest BCUT2D eigenvalue weighted by atomic mass is 10.1. The zero-order chi connectivity index (χ0) is 22.8. The number of aliphatic hydroxyl groups excluding tert-OH is 2. The summed E-state index contributed by atoms with van der Waals surface area (Å²) in [4.78, 5) is 24.7. The zero-order valence-electron chi connectivity index (χ0n) is 17.7. The number of ether oxygens (including phenoxy) is 2. The summed E-state index contributed by atoms with van der Waals surface area (Å²) in [7, 11) is 0. The van der Waals surface area contributed by atoms with Crippen LogP contribution in [0.2, 0.25) is 0 Å². The van der Waals surface area contributed by atoms with Crippen molar-refractivity contribution in [3.8, 4) is 11.5 Å². The van der Waals surface area contributed by atoms with Gasteiger partial charge in [-0.15, -0.1) is 0 Å². The summed E-state index contributed by atoms with van der Waals surface area (Å²) in [5.41, 5.74) is 1.02. The molecule has 4 N–H and O–H groups in total. The Morgan fingerprint density at radius 1 is 1.06 bits per heavy atom. The van der Waals surface area contributed by atoms with E-state index in [0.717, 1.165) is 0 Å². The number of carbonyl (C=O) groups is 2. The Morgan fingerprint density at radius 3 is 2.35 bits per heavy atom. The Labute approximate surface area is 186 Å². The van der Waals surface area contributed by atoms with Crippen LogP contribution in [0.15, 0.2) is 35.9 Å². The van der Waals surface area contributed by atoms with E-state index in [9.17, 15) is 19.8 Å². The Hall–Kier alpha value is -2.55. The molecule has 1 aromatic carbocycles. The number of benzene rings is 1. The van der Waals surface area contributed by atoms with Crippen LogP contribution < -0.4 is 20.1 Å². The first-order valence-corrected chi connectivity index (χ1v) is 10.6. The summed E-state index contributed by atoms with van der Waals surface area (Å²) in [5, 5.41) is 24.3. The van der Waals surface area contributed by atoms with Crippen LogP contribution in [0, 0.1) is 0 Å². The molecule has 0 radical (unpaired) electrons. The monoisotopic (exact) mass is 452 g/mol. The summed E-state index contributed by atoms with van der Waals surface area (Å²) < 4.78 is 10.7. The van der Waals surface area contributed by atoms with E-state index in [-0.39, 0.29) is 49.5 Å². The number of amides is 2. The second-order valence-electron chi connectivity index (χ2n) is 7.07. The van der Waals surface area contributed by atoms with Crippen molar-refractivity contribution in [2.75, 3.05) is 20.0 Å². The van der Waals surface area contributed by atoms with Gasteiger partial charge in [-0.05, 0) is 42.2 Å². The lowest BCUT2D eigenvalue weighted by Crippen LogP contribution is -2.37. The van der Waals surface area contributed by atoms with Gasteiger partial charge in [0.1, 0.15) is 0 Å². The molecule has 1 heterocycles. The Bertz CT molecular complexity index is 831. The maximum Gasteiger partial charge on any atom is 0.244 e. The molecule has 0 aliphatic carbocycles. The van der Waals surface area contributed by atoms with Crippen molar-refractivity contribution in [3.63, 3.8) is 0 Å².